The van der Waals surface area contributed by atoms with E-state index in [0.29, 0.717) is 19.5 Å². The molecular formula is C13H19N3O2. The second kappa shape index (κ2) is 5.27. The van der Waals surface area contributed by atoms with Crippen LogP contribution in [0.3, 0.4) is 0 Å². The van der Waals surface area contributed by atoms with Crippen molar-refractivity contribution in [3.8, 4) is 0 Å². The number of benzene rings is 1. The second-order valence-corrected chi connectivity index (χ2v) is 4.76. The van der Waals surface area contributed by atoms with E-state index in [1.54, 1.807) is 4.90 Å². The predicted octanol–water partition coefficient (Wildman–Crippen LogP) is 1.35. The first-order valence-corrected chi connectivity index (χ1v) is 6.07. The number of carbonyl (C=O) groups excluding carboxylic acids is 1. The summed E-state index contributed by atoms with van der Waals surface area (Å²) >= 11 is 0. The van der Waals surface area contributed by atoms with E-state index in [4.69, 9.17) is 0 Å². The van der Waals surface area contributed by atoms with E-state index in [1.165, 1.54) is 0 Å². The van der Waals surface area contributed by atoms with Crippen LogP contribution in [0.5, 0.6) is 0 Å². The number of nitrogens with zero attached hydrogens (tertiary/aromatic N) is 2. The smallest absolute Gasteiger partial charge is 0.321 e. The molecule has 1 aliphatic heterocycles. The van der Waals surface area contributed by atoms with Crippen LogP contribution in [0.2, 0.25) is 0 Å². The molecule has 0 saturated carbocycles. The highest BCUT2D eigenvalue weighted by molar-refractivity contribution is 5.89. The number of hydrogen-bond acceptors (Lipinski definition) is 3. The molecular weight excluding hydrogens is 230 g/mol. The van der Waals surface area contributed by atoms with Crippen molar-refractivity contribution in [3.05, 3.63) is 24.3 Å². The molecule has 2 amide bonds. The molecule has 5 heteroatoms. The summed E-state index contributed by atoms with van der Waals surface area (Å²) in [5.74, 6) is 0. The molecule has 0 bridgehead atoms. The van der Waals surface area contributed by atoms with Crippen molar-refractivity contribution in [2.75, 3.05) is 37.4 Å². The molecule has 0 radical (unpaired) electrons. The van der Waals surface area contributed by atoms with E-state index < -0.39 is 0 Å². The van der Waals surface area contributed by atoms with Crippen molar-refractivity contribution < 1.29 is 9.90 Å². The number of aliphatic hydroxyl groups excluding tert-OH is 1. The van der Waals surface area contributed by atoms with Crippen LogP contribution in [0, 0.1) is 0 Å². The van der Waals surface area contributed by atoms with Gasteiger partial charge < -0.3 is 20.2 Å². The molecule has 0 spiro atoms. The van der Waals surface area contributed by atoms with Crippen LogP contribution in [0.25, 0.3) is 0 Å². The lowest BCUT2D eigenvalue weighted by Gasteiger charge is -2.17. The summed E-state index contributed by atoms with van der Waals surface area (Å²) in [4.78, 5) is 15.5. The highest BCUT2D eigenvalue weighted by Crippen LogP contribution is 2.17. The number of rotatable bonds is 2. The number of aliphatic hydroxyl groups is 1. The SMILES string of the molecule is CN(C)c1ccc(NC(=O)N2CC[C@@H](O)C2)cc1. The van der Waals surface area contributed by atoms with Gasteiger partial charge in [0.25, 0.3) is 0 Å². The van der Waals surface area contributed by atoms with Crippen molar-refractivity contribution in [1.82, 2.24) is 4.90 Å². The fraction of sp³-hybridized carbons (Fsp3) is 0.462. The maximum absolute atomic E-state index is 11.9. The summed E-state index contributed by atoms with van der Waals surface area (Å²) in [5, 5.41) is 12.2. The Bertz CT molecular complexity index is 417. The van der Waals surface area contributed by atoms with E-state index in [-0.39, 0.29) is 12.1 Å². The van der Waals surface area contributed by atoms with Crippen molar-refractivity contribution in [1.29, 1.82) is 0 Å². The zero-order valence-electron chi connectivity index (χ0n) is 10.8. The number of anilines is 2. The third-order valence-corrected chi connectivity index (χ3v) is 3.09. The van der Waals surface area contributed by atoms with Crippen LogP contribution in [0.4, 0.5) is 16.2 Å². The van der Waals surface area contributed by atoms with Gasteiger partial charge >= 0.3 is 6.03 Å². The van der Waals surface area contributed by atoms with Crippen LogP contribution >= 0.6 is 0 Å². The number of urea groups is 1. The molecule has 0 unspecified atom stereocenters. The minimum Gasteiger partial charge on any atom is -0.391 e. The van der Waals surface area contributed by atoms with E-state index in [1.807, 2.05) is 43.3 Å². The van der Waals surface area contributed by atoms with Crippen LogP contribution < -0.4 is 10.2 Å². The first kappa shape index (κ1) is 12.7. The van der Waals surface area contributed by atoms with Crippen molar-refractivity contribution in [2.24, 2.45) is 0 Å². The average molecular weight is 249 g/mol. The Labute approximate surface area is 107 Å². The number of likely N-dealkylation sites (tertiary alicyclic amines) is 1. The summed E-state index contributed by atoms with van der Waals surface area (Å²) in [6.45, 7) is 1.03. The van der Waals surface area contributed by atoms with Gasteiger partial charge in [-0.15, -0.1) is 0 Å². The molecule has 0 aromatic heterocycles. The zero-order chi connectivity index (χ0) is 13.1. The fourth-order valence-corrected chi connectivity index (χ4v) is 1.97. The Morgan fingerprint density at radius 3 is 2.56 bits per heavy atom. The maximum atomic E-state index is 11.9. The standard InChI is InChI=1S/C13H19N3O2/c1-15(2)11-5-3-10(4-6-11)14-13(18)16-8-7-12(17)9-16/h3-6,12,17H,7-9H2,1-2H3,(H,14,18)/t12-/m1/s1. The Morgan fingerprint density at radius 1 is 1.39 bits per heavy atom. The number of β-amino-alcohol motifs (C(OH)–C–C–N with tert-alkyl or cyclic N) is 1. The van der Waals surface area contributed by atoms with Gasteiger partial charge in [-0.1, -0.05) is 0 Å². The number of hydrogen-bond donors (Lipinski definition) is 2. The third kappa shape index (κ3) is 2.92. The lowest BCUT2D eigenvalue weighted by atomic mass is 10.2. The normalized spacial score (nSPS) is 18.8. The van der Waals surface area contributed by atoms with Gasteiger partial charge in [0.15, 0.2) is 0 Å². The Morgan fingerprint density at radius 2 is 2.06 bits per heavy atom. The van der Waals surface area contributed by atoms with Gasteiger partial charge in [0.05, 0.1) is 6.10 Å². The Hall–Kier alpha value is -1.75. The van der Waals surface area contributed by atoms with E-state index in [0.717, 1.165) is 11.4 Å². The third-order valence-electron chi connectivity index (χ3n) is 3.09. The second-order valence-electron chi connectivity index (χ2n) is 4.76. The maximum Gasteiger partial charge on any atom is 0.321 e. The average Bonchev–Trinajstić information content (AvgIpc) is 2.76. The molecule has 1 aromatic carbocycles. The molecule has 1 heterocycles. The van der Waals surface area contributed by atoms with Gasteiger partial charge in [0, 0.05) is 38.6 Å². The highest BCUT2D eigenvalue weighted by atomic mass is 16.3. The first-order valence-electron chi connectivity index (χ1n) is 6.07. The van der Waals surface area contributed by atoms with Gasteiger partial charge in [-0.05, 0) is 30.7 Å². The number of amides is 2. The topological polar surface area (TPSA) is 55.8 Å². The minimum absolute atomic E-state index is 0.149. The van der Waals surface area contributed by atoms with Crippen LogP contribution in [-0.4, -0.2) is 49.3 Å². The van der Waals surface area contributed by atoms with Crippen molar-refractivity contribution >= 4 is 17.4 Å². The van der Waals surface area contributed by atoms with Crippen molar-refractivity contribution in [2.45, 2.75) is 12.5 Å². The summed E-state index contributed by atoms with van der Waals surface area (Å²) in [6, 6.07) is 7.51. The summed E-state index contributed by atoms with van der Waals surface area (Å²) in [6.07, 6.45) is 0.277. The van der Waals surface area contributed by atoms with Gasteiger partial charge in [-0.2, -0.15) is 0 Å². The molecule has 98 valence electrons. The van der Waals surface area contributed by atoms with Gasteiger partial charge in [0.2, 0.25) is 0 Å². The van der Waals surface area contributed by atoms with E-state index in [2.05, 4.69) is 5.32 Å². The molecule has 1 fully saturated rings. The monoisotopic (exact) mass is 249 g/mol. The first-order chi connectivity index (χ1) is 8.56. The molecule has 1 aliphatic rings. The van der Waals surface area contributed by atoms with Crippen LogP contribution in [0.15, 0.2) is 24.3 Å². The lowest BCUT2D eigenvalue weighted by Crippen LogP contribution is -2.33. The van der Waals surface area contributed by atoms with Gasteiger partial charge in [-0.3, -0.25) is 0 Å². The lowest BCUT2D eigenvalue weighted by molar-refractivity contribution is 0.176. The van der Waals surface area contributed by atoms with Crippen molar-refractivity contribution in [3.63, 3.8) is 0 Å². The summed E-state index contributed by atoms with van der Waals surface area (Å²) < 4.78 is 0. The molecule has 18 heavy (non-hydrogen) atoms. The largest absolute Gasteiger partial charge is 0.391 e. The highest BCUT2D eigenvalue weighted by Gasteiger charge is 2.24. The summed E-state index contributed by atoms with van der Waals surface area (Å²) in [7, 11) is 3.94. The fourth-order valence-electron chi connectivity index (χ4n) is 1.97. The van der Waals surface area contributed by atoms with E-state index >= 15 is 0 Å². The molecule has 0 aliphatic carbocycles. The van der Waals surface area contributed by atoms with Crippen LogP contribution in [0.1, 0.15) is 6.42 Å². The molecule has 1 atom stereocenters. The van der Waals surface area contributed by atoms with Crippen LogP contribution in [-0.2, 0) is 0 Å². The molecule has 2 rings (SSSR count). The van der Waals surface area contributed by atoms with E-state index in [9.17, 15) is 9.90 Å². The van der Waals surface area contributed by atoms with Gasteiger partial charge in [-0.25, -0.2) is 4.79 Å². The molecule has 5 nitrogen and oxygen atoms in total. The Balaban J connectivity index is 1.95. The Kier molecular flexibility index (Phi) is 3.72. The zero-order valence-corrected chi connectivity index (χ0v) is 10.8. The minimum atomic E-state index is -0.383. The number of carbonyl (C=O) groups is 1. The molecule has 2 N–H and O–H groups in total. The quantitative estimate of drug-likeness (QED) is 0.832. The van der Waals surface area contributed by atoms with Gasteiger partial charge in [0.1, 0.15) is 0 Å². The molecule has 1 aromatic rings. The predicted molar refractivity (Wildman–Crippen MR) is 72.0 cm³/mol. The number of nitrogens with one attached hydrogen (secondary N) is 1. The summed E-state index contributed by atoms with van der Waals surface area (Å²) in [5.41, 5.74) is 1.86. The molecule has 1 saturated heterocycles.